The second-order valence-corrected chi connectivity index (χ2v) is 4.76. The Bertz CT molecular complexity index is 626. The number of methoxy groups -OCH3 is 1. The number of fused-ring (bicyclic) bond motifs is 1. The molecule has 2 aromatic rings. The lowest BCUT2D eigenvalue weighted by molar-refractivity contribution is 0.171. The monoisotopic (exact) mass is 326 g/mol. The molecule has 0 saturated heterocycles. The highest BCUT2D eigenvalue weighted by Gasteiger charge is 2.26. The van der Waals surface area contributed by atoms with E-state index < -0.39 is 0 Å². The highest BCUT2D eigenvalue weighted by Crippen LogP contribution is 2.49. The first-order valence-corrected chi connectivity index (χ1v) is 6.38. The molecule has 7 heteroatoms. The molecule has 0 fully saturated rings. The van der Waals surface area contributed by atoms with E-state index in [0.717, 1.165) is 4.47 Å². The van der Waals surface area contributed by atoms with Gasteiger partial charge in [0, 0.05) is 12.1 Å². The molecule has 2 heterocycles. The van der Waals surface area contributed by atoms with Crippen molar-refractivity contribution in [1.82, 2.24) is 5.16 Å². The molecular formula is C12H11BrN2O4. The predicted octanol–water partition coefficient (Wildman–Crippen LogP) is 2.47. The van der Waals surface area contributed by atoms with Gasteiger partial charge in [-0.15, -0.1) is 0 Å². The van der Waals surface area contributed by atoms with Crippen molar-refractivity contribution in [3.8, 4) is 28.5 Å². The molecule has 19 heavy (non-hydrogen) atoms. The number of halogens is 1. The molecule has 2 N–H and O–H groups in total. The largest absolute Gasteiger partial charge is 0.495 e. The van der Waals surface area contributed by atoms with Crippen LogP contribution in [0.3, 0.4) is 0 Å². The van der Waals surface area contributed by atoms with Crippen LogP contribution in [0.4, 0.5) is 5.88 Å². The van der Waals surface area contributed by atoms with Gasteiger partial charge in [-0.3, -0.25) is 0 Å². The Hall–Kier alpha value is -1.89. The van der Waals surface area contributed by atoms with Crippen LogP contribution in [0.1, 0.15) is 0 Å². The number of nitrogen functional groups attached to an aromatic ring is 1. The van der Waals surface area contributed by atoms with Crippen LogP contribution in [0.5, 0.6) is 17.2 Å². The van der Waals surface area contributed by atoms with Gasteiger partial charge in [0.05, 0.1) is 17.1 Å². The van der Waals surface area contributed by atoms with E-state index in [9.17, 15) is 0 Å². The highest BCUT2D eigenvalue weighted by molar-refractivity contribution is 9.10. The Morgan fingerprint density at radius 3 is 2.79 bits per heavy atom. The molecule has 0 aliphatic carbocycles. The summed E-state index contributed by atoms with van der Waals surface area (Å²) in [5.74, 6) is 2.04. The average molecular weight is 327 g/mol. The van der Waals surface area contributed by atoms with Crippen LogP contribution in [0, 0.1) is 0 Å². The minimum absolute atomic E-state index is 0.225. The fraction of sp³-hybridized carbons (Fsp3) is 0.250. The molecule has 0 bridgehead atoms. The van der Waals surface area contributed by atoms with Gasteiger partial charge in [0.2, 0.25) is 5.88 Å². The summed E-state index contributed by atoms with van der Waals surface area (Å²) < 4.78 is 22.3. The zero-order valence-electron chi connectivity index (χ0n) is 10.1. The van der Waals surface area contributed by atoms with Gasteiger partial charge < -0.3 is 24.5 Å². The van der Waals surface area contributed by atoms with E-state index >= 15 is 0 Å². The summed E-state index contributed by atoms with van der Waals surface area (Å²) in [6, 6.07) is 3.42. The summed E-state index contributed by atoms with van der Waals surface area (Å²) >= 11 is 3.44. The van der Waals surface area contributed by atoms with Gasteiger partial charge in [-0.2, -0.15) is 0 Å². The van der Waals surface area contributed by atoms with Gasteiger partial charge in [-0.1, -0.05) is 5.16 Å². The third-order valence-electron chi connectivity index (χ3n) is 2.73. The van der Waals surface area contributed by atoms with E-state index in [0.29, 0.717) is 41.7 Å². The number of nitrogens with two attached hydrogens (primary N) is 1. The lowest BCUT2D eigenvalue weighted by atomic mass is 10.1. The zero-order valence-corrected chi connectivity index (χ0v) is 11.7. The maximum atomic E-state index is 5.67. The van der Waals surface area contributed by atoms with Crippen LogP contribution >= 0.6 is 15.9 Å². The summed E-state index contributed by atoms with van der Waals surface area (Å²) in [5.41, 5.74) is 6.77. The van der Waals surface area contributed by atoms with Gasteiger partial charge in [0.25, 0.3) is 0 Å². The van der Waals surface area contributed by atoms with Crippen molar-refractivity contribution >= 4 is 21.8 Å². The molecule has 0 saturated carbocycles. The fourth-order valence-corrected chi connectivity index (χ4v) is 2.55. The summed E-state index contributed by atoms with van der Waals surface area (Å²) in [6.45, 7) is 0.976. The molecule has 1 aliphatic heterocycles. The van der Waals surface area contributed by atoms with E-state index in [1.54, 1.807) is 19.2 Å². The van der Waals surface area contributed by atoms with Crippen molar-refractivity contribution in [1.29, 1.82) is 0 Å². The number of benzene rings is 1. The van der Waals surface area contributed by atoms with Gasteiger partial charge in [0.1, 0.15) is 24.7 Å². The van der Waals surface area contributed by atoms with E-state index in [4.69, 9.17) is 24.5 Å². The van der Waals surface area contributed by atoms with E-state index in [1.165, 1.54) is 0 Å². The fourth-order valence-electron chi connectivity index (χ4n) is 1.98. The molecule has 0 unspecified atom stereocenters. The number of hydrogen-bond acceptors (Lipinski definition) is 6. The third-order valence-corrected chi connectivity index (χ3v) is 3.32. The Kier molecular flexibility index (Phi) is 2.98. The van der Waals surface area contributed by atoms with E-state index in [-0.39, 0.29) is 5.88 Å². The second-order valence-electron chi connectivity index (χ2n) is 3.91. The summed E-state index contributed by atoms with van der Waals surface area (Å²) in [7, 11) is 1.57. The van der Waals surface area contributed by atoms with Crippen LogP contribution in [0.25, 0.3) is 11.3 Å². The first-order valence-electron chi connectivity index (χ1n) is 5.59. The summed E-state index contributed by atoms with van der Waals surface area (Å²) in [4.78, 5) is 0. The Labute approximate surface area is 117 Å². The van der Waals surface area contributed by atoms with Gasteiger partial charge in [0.15, 0.2) is 11.5 Å². The quantitative estimate of drug-likeness (QED) is 0.913. The molecule has 1 aromatic carbocycles. The Balaban J connectivity index is 2.27. The molecule has 1 aromatic heterocycles. The minimum atomic E-state index is 0.225. The lowest BCUT2D eigenvalue weighted by Crippen LogP contribution is -2.16. The number of aromatic nitrogens is 1. The number of hydrogen-bond donors (Lipinski definition) is 1. The van der Waals surface area contributed by atoms with Crippen molar-refractivity contribution in [2.75, 3.05) is 26.1 Å². The van der Waals surface area contributed by atoms with Gasteiger partial charge >= 0.3 is 0 Å². The highest BCUT2D eigenvalue weighted by atomic mass is 79.9. The normalized spacial score (nSPS) is 13.4. The first-order chi connectivity index (χ1) is 9.20. The number of ether oxygens (including phenoxy) is 3. The maximum absolute atomic E-state index is 5.67. The molecule has 0 amide bonds. The van der Waals surface area contributed by atoms with Crippen LogP contribution < -0.4 is 19.9 Å². The van der Waals surface area contributed by atoms with E-state index in [2.05, 4.69) is 21.1 Å². The molecule has 0 spiro atoms. The van der Waals surface area contributed by atoms with E-state index in [1.807, 2.05) is 0 Å². The number of anilines is 1. The van der Waals surface area contributed by atoms with Crippen molar-refractivity contribution in [3.63, 3.8) is 0 Å². The van der Waals surface area contributed by atoms with Crippen LogP contribution in [-0.4, -0.2) is 25.5 Å². The molecule has 6 nitrogen and oxygen atoms in total. The number of nitrogens with zero attached hydrogens (tertiary/aromatic N) is 1. The smallest absolute Gasteiger partial charge is 0.222 e. The Morgan fingerprint density at radius 2 is 2.11 bits per heavy atom. The standard InChI is InChI=1S/C12H11BrN2O4/c1-16-11-6(13)4-8-12(18-3-2-17-8)10(11)7-5-9(14)19-15-7/h4-5H,2-3,14H2,1H3. The zero-order chi connectivity index (χ0) is 13.4. The van der Waals surface area contributed by atoms with Crippen LogP contribution in [0.2, 0.25) is 0 Å². The second kappa shape index (κ2) is 4.65. The van der Waals surface area contributed by atoms with Crippen molar-refractivity contribution in [2.45, 2.75) is 0 Å². The molecule has 3 rings (SSSR count). The summed E-state index contributed by atoms with van der Waals surface area (Å²) in [6.07, 6.45) is 0. The topological polar surface area (TPSA) is 79.7 Å². The van der Waals surface area contributed by atoms with Crippen molar-refractivity contribution < 1.29 is 18.7 Å². The van der Waals surface area contributed by atoms with Crippen LogP contribution in [0.15, 0.2) is 21.1 Å². The predicted molar refractivity (Wildman–Crippen MR) is 71.6 cm³/mol. The van der Waals surface area contributed by atoms with Crippen molar-refractivity contribution in [2.24, 2.45) is 0 Å². The third kappa shape index (κ3) is 1.99. The lowest BCUT2D eigenvalue weighted by Gasteiger charge is -2.22. The van der Waals surface area contributed by atoms with Crippen LogP contribution in [-0.2, 0) is 0 Å². The molecule has 0 radical (unpaired) electrons. The molecule has 1 aliphatic rings. The maximum Gasteiger partial charge on any atom is 0.222 e. The molecule has 100 valence electrons. The SMILES string of the molecule is COc1c(Br)cc2c(c1-c1cc(N)on1)OCCO2. The minimum Gasteiger partial charge on any atom is -0.495 e. The van der Waals surface area contributed by atoms with Gasteiger partial charge in [-0.05, 0) is 15.9 Å². The average Bonchev–Trinajstić information content (AvgIpc) is 2.83. The summed E-state index contributed by atoms with van der Waals surface area (Å²) in [5, 5.41) is 3.91. The first kappa shape index (κ1) is 12.2. The molecule has 0 atom stereocenters. The molecular weight excluding hydrogens is 316 g/mol. The Morgan fingerprint density at radius 1 is 1.32 bits per heavy atom. The van der Waals surface area contributed by atoms with Crippen molar-refractivity contribution in [3.05, 3.63) is 16.6 Å². The number of rotatable bonds is 2. The van der Waals surface area contributed by atoms with Gasteiger partial charge in [-0.25, -0.2) is 0 Å².